The third-order valence-electron chi connectivity index (χ3n) is 3.34. The molecule has 16 heavy (non-hydrogen) atoms. The second-order valence-electron chi connectivity index (χ2n) is 4.97. The monoisotopic (exact) mass is 220 g/mol. The summed E-state index contributed by atoms with van der Waals surface area (Å²) in [6.07, 6.45) is 2.90. The highest BCUT2D eigenvalue weighted by molar-refractivity contribution is 5.35. The average Bonchev–Trinajstić information content (AvgIpc) is 2.99. The zero-order chi connectivity index (χ0) is 11.6. The average molecular weight is 220 g/mol. The maximum Gasteiger partial charge on any atom is 0.0559 e. The first-order chi connectivity index (χ1) is 7.66. The summed E-state index contributed by atoms with van der Waals surface area (Å²) in [6.45, 7) is 2.64. The van der Waals surface area contributed by atoms with Crippen LogP contribution in [0.1, 0.15) is 30.9 Å². The van der Waals surface area contributed by atoms with E-state index in [0.717, 1.165) is 13.0 Å². The summed E-state index contributed by atoms with van der Waals surface area (Å²) < 4.78 is 5.30. The molecule has 1 unspecified atom stereocenters. The van der Waals surface area contributed by atoms with Gasteiger partial charge in [-0.1, -0.05) is 24.3 Å². The zero-order valence-corrected chi connectivity index (χ0v) is 10.1. The van der Waals surface area contributed by atoms with Crippen molar-refractivity contribution in [3.8, 4) is 0 Å². The summed E-state index contributed by atoms with van der Waals surface area (Å²) in [5.41, 5.74) is 2.85. The molecule has 1 fully saturated rings. The third kappa shape index (κ3) is 2.45. The lowest BCUT2D eigenvalue weighted by molar-refractivity contribution is 0.171. The van der Waals surface area contributed by atoms with Crippen LogP contribution < -0.4 is 0 Å². The minimum atomic E-state index is -0.271. The van der Waals surface area contributed by atoms with Gasteiger partial charge in [-0.3, -0.25) is 0 Å². The fraction of sp³-hybridized carbons (Fsp3) is 0.571. The quantitative estimate of drug-likeness (QED) is 0.825. The molecule has 0 heterocycles. The largest absolute Gasteiger partial charge is 0.393 e. The van der Waals surface area contributed by atoms with E-state index in [9.17, 15) is 5.11 Å². The number of aliphatic hydroxyl groups excluding tert-OH is 1. The lowest BCUT2D eigenvalue weighted by Gasteiger charge is -2.16. The number of hydrogen-bond donors (Lipinski definition) is 1. The fourth-order valence-electron chi connectivity index (χ4n) is 2.31. The Balaban J connectivity index is 2.16. The van der Waals surface area contributed by atoms with Crippen LogP contribution in [0, 0.1) is 0 Å². The highest BCUT2D eigenvalue weighted by atomic mass is 16.5. The molecular weight excluding hydrogens is 200 g/mol. The van der Waals surface area contributed by atoms with Crippen LogP contribution in [0.5, 0.6) is 0 Å². The highest BCUT2D eigenvalue weighted by Crippen LogP contribution is 2.48. The van der Waals surface area contributed by atoms with Crippen molar-refractivity contribution in [1.29, 1.82) is 0 Å². The molecular formula is C14H20O2. The van der Waals surface area contributed by atoms with Gasteiger partial charge >= 0.3 is 0 Å². The summed E-state index contributed by atoms with van der Waals surface area (Å²) in [5.74, 6) is 0. The summed E-state index contributed by atoms with van der Waals surface area (Å²) in [4.78, 5) is 0. The fourth-order valence-corrected chi connectivity index (χ4v) is 2.31. The Labute approximate surface area is 97.3 Å². The molecule has 0 bridgehead atoms. The van der Waals surface area contributed by atoms with E-state index >= 15 is 0 Å². The molecule has 0 aromatic heterocycles. The normalized spacial score (nSPS) is 19.4. The molecule has 0 aliphatic heterocycles. The molecule has 0 amide bonds. The van der Waals surface area contributed by atoms with Gasteiger partial charge in [0.25, 0.3) is 0 Å². The van der Waals surface area contributed by atoms with Gasteiger partial charge in [-0.15, -0.1) is 0 Å². The Morgan fingerprint density at radius 1 is 1.44 bits per heavy atom. The van der Waals surface area contributed by atoms with E-state index in [-0.39, 0.29) is 11.5 Å². The first kappa shape index (κ1) is 11.6. The van der Waals surface area contributed by atoms with Crippen LogP contribution in [0.15, 0.2) is 24.3 Å². The van der Waals surface area contributed by atoms with Crippen molar-refractivity contribution in [3.05, 3.63) is 35.4 Å². The molecule has 1 aliphatic carbocycles. The van der Waals surface area contributed by atoms with Gasteiger partial charge in [0.05, 0.1) is 12.7 Å². The molecule has 0 saturated heterocycles. The predicted molar refractivity (Wildman–Crippen MR) is 64.6 cm³/mol. The van der Waals surface area contributed by atoms with Gasteiger partial charge in [0.2, 0.25) is 0 Å². The van der Waals surface area contributed by atoms with E-state index in [4.69, 9.17) is 4.74 Å². The second-order valence-corrected chi connectivity index (χ2v) is 4.97. The maximum atomic E-state index is 9.39. The molecule has 1 aromatic carbocycles. The van der Waals surface area contributed by atoms with Gasteiger partial charge in [-0.05, 0) is 37.3 Å². The predicted octanol–water partition coefficient (Wildman–Crippen LogP) is 2.29. The number of aliphatic hydroxyl groups is 1. The van der Waals surface area contributed by atoms with Gasteiger partial charge < -0.3 is 9.84 Å². The number of benzene rings is 1. The van der Waals surface area contributed by atoms with Crippen molar-refractivity contribution in [2.24, 2.45) is 0 Å². The van der Waals surface area contributed by atoms with E-state index in [1.54, 1.807) is 7.11 Å². The smallest absolute Gasteiger partial charge is 0.0559 e. The van der Waals surface area contributed by atoms with E-state index in [1.165, 1.54) is 24.0 Å². The molecule has 2 rings (SSSR count). The molecule has 0 radical (unpaired) electrons. The second kappa shape index (κ2) is 4.56. The first-order valence-corrected chi connectivity index (χ1v) is 5.93. The number of rotatable bonds is 5. The van der Waals surface area contributed by atoms with Gasteiger partial charge in [0, 0.05) is 12.5 Å². The molecule has 1 N–H and O–H groups in total. The molecule has 0 spiro atoms. The Morgan fingerprint density at radius 3 is 2.75 bits per heavy atom. The molecule has 2 nitrogen and oxygen atoms in total. The van der Waals surface area contributed by atoms with Crippen LogP contribution in [0.4, 0.5) is 0 Å². The maximum absolute atomic E-state index is 9.39. The van der Waals surface area contributed by atoms with Crippen LogP contribution in [-0.4, -0.2) is 24.9 Å². The molecule has 1 atom stereocenters. The van der Waals surface area contributed by atoms with E-state index in [0.29, 0.717) is 0 Å². The van der Waals surface area contributed by atoms with E-state index in [2.05, 4.69) is 24.3 Å². The van der Waals surface area contributed by atoms with Gasteiger partial charge in [-0.2, -0.15) is 0 Å². The van der Waals surface area contributed by atoms with Crippen molar-refractivity contribution < 1.29 is 9.84 Å². The molecule has 2 heteroatoms. The Bertz CT molecular complexity index is 354. The van der Waals surface area contributed by atoms with Crippen LogP contribution in [-0.2, 0) is 16.6 Å². The van der Waals surface area contributed by atoms with Crippen molar-refractivity contribution in [2.45, 2.75) is 37.7 Å². The molecule has 1 saturated carbocycles. The zero-order valence-electron chi connectivity index (χ0n) is 10.1. The Hall–Kier alpha value is -0.860. The van der Waals surface area contributed by atoms with Gasteiger partial charge in [-0.25, -0.2) is 0 Å². The first-order valence-electron chi connectivity index (χ1n) is 5.93. The Morgan fingerprint density at radius 2 is 2.19 bits per heavy atom. The lowest BCUT2D eigenvalue weighted by atomic mass is 9.94. The summed E-state index contributed by atoms with van der Waals surface area (Å²) in [5, 5.41) is 9.39. The SMILES string of the molecule is COCC1(c2cccc(CC(C)O)c2)CC1. The topological polar surface area (TPSA) is 29.5 Å². The highest BCUT2D eigenvalue weighted by Gasteiger charge is 2.44. The molecule has 88 valence electrons. The third-order valence-corrected chi connectivity index (χ3v) is 3.34. The summed E-state index contributed by atoms with van der Waals surface area (Å²) in [7, 11) is 1.76. The van der Waals surface area contributed by atoms with Crippen molar-refractivity contribution >= 4 is 0 Å². The molecule has 1 aromatic rings. The van der Waals surface area contributed by atoms with Crippen molar-refractivity contribution in [1.82, 2.24) is 0 Å². The Kier molecular flexibility index (Phi) is 3.31. The van der Waals surface area contributed by atoms with Crippen LogP contribution >= 0.6 is 0 Å². The standard InChI is InChI=1S/C14H20O2/c1-11(15)8-12-4-3-5-13(9-12)14(6-7-14)10-16-2/h3-5,9,11,15H,6-8,10H2,1-2H3. The van der Waals surface area contributed by atoms with Crippen LogP contribution in [0.25, 0.3) is 0 Å². The number of hydrogen-bond acceptors (Lipinski definition) is 2. The van der Waals surface area contributed by atoms with Gasteiger partial charge in [0.15, 0.2) is 0 Å². The lowest BCUT2D eigenvalue weighted by Crippen LogP contribution is -2.14. The van der Waals surface area contributed by atoms with Crippen LogP contribution in [0.3, 0.4) is 0 Å². The number of ether oxygens (including phenoxy) is 1. The van der Waals surface area contributed by atoms with E-state index < -0.39 is 0 Å². The summed E-state index contributed by atoms with van der Waals surface area (Å²) in [6, 6.07) is 8.57. The number of methoxy groups -OCH3 is 1. The van der Waals surface area contributed by atoms with Crippen LogP contribution in [0.2, 0.25) is 0 Å². The van der Waals surface area contributed by atoms with Crippen molar-refractivity contribution in [2.75, 3.05) is 13.7 Å². The van der Waals surface area contributed by atoms with Crippen molar-refractivity contribution in [3.63, 3.8) is 0 Å². The van der Waals surface area contributed by atoms with E-state index in [1.807, 2.05) is 6.92 Å². The summed E-state index contributed by atoms with van der Waals surface area (Å²) >= 11 is 0. The molecule has 1 aliphatic rings. The minimum absolute atomic E-state index is 0.267. The van der Waals surface area contributed by atoms with Gasteiger partial charge in [0.1, 0.15) is 0 Å². The minimum Gasteiger partial charge on any atom is -0.393 e.